The Bertz CT molecular complexity index is 718. The number of quaternary nitrogens is 1. The van der Waals surface area contributed by atoms with Crippen molar-refractivity contribution in [3.8, 4) is 0 Å². The van der Waals surface area contributed by atoms with Crippen LogP contribution in [0.5, 0.6) is 0 Å². The highest BCUT2D eigenvalue weighted by molar-refractivity contribution is 7.47. The van der Waals surface area contributed by atoms with E-state index in [4.69, 9.17) is 9.05 Å². The quantitative estimate of drug-likeness (QED) is 0.0360. The standard InChI is InChI=1S/C36H75N2O6P/c1-6-7-8-9-10-11-12-13-14-15-16-17-18-19-20-21-22-23-24-25-26-27-28-29-30-36(40)35(37-34(2)39)33-44-45(41,42)43-32-31-38(3,4)5/h35-36,40H,6-33H2,1-5H3,(H-,37,39,41,42)/p+1. The third kappa shape index (κ3) is 33.2. The number of hydrogen-bond donors (Lipinski definition) is 3. The molecule has 0 saturated heterocycles. The van der Waals surface area contributed by atoms with E-state index in [9.17, 15) is 19.4 Å². The van der Waals surface area contributed by atoms with Gasteiger partial charge in [-0.2, -0.15) is 0 Å². The smallest absolute Gasteiger partial charge is 0.391 e. The van der Waals surface area contributed by atoms with Gasteiger partial charge < -0.3 is 19.8 Å². The summed E-state index contributed by atoms with van der Waals surface area (Å²) in [4.78, 5) is 21.6. The van der Waals surface area contributed by atoms with Gasteiger partial charge in [-0.15, -0.1) is 0 Å². The SMILES string of the molecule is CCCCCCCCCCCCCCCCCCCCCCCCCCC(O)C(COP(=O)(O)OCC[N+](C)(C)C)NC(C)=O. The van der Waals surface area contributed by atoms with Crippen LogP contribution in [0.15, 0.2) is 0 Å². The van der Waals surface area contributed by atoms with E-state index < -0.39 is 20.0 Å². The van der Waals surface area contributed by atoms with Crippen molar-refractivity contribution in [2.24, 2.45) is 0 Å². The Labute approximate surface area is 279 Å². The number of amides is 1. The normalized spacial score (nSPS) is 14.7. The van der Waals surface area contributed by atoms with Gasteiger partial charge in [0.15, 0.2) is 0 Å². The van der Waals surface area contributed by atoms with Crippen molar-refractivity contribution in [2.45, 2.75) is 187 Å². The van der Waals surface area contributed by atoms with Crippen molar-refractivity contribution in [1.29, 1.82) is 0 Å². The van der Waals surface area contributed by atoms with Crippen LogP contribution in [0.3, 0.4) is 0 Å². The van der Waals surface area contributed by atoms with Gasteiger partial charge >= 0.3 is 7.82 Å². The lowest BCUT2D eigenvalue weighted by Gasteiger charge is -2.26. The van der Waals surface area contributed by atoms with Gasteiger partial charge in [-0.05, 0) is 6.42 Å². The zero-order chi connectivity index (χ0) is 33.7. The van der Waals surface area contributed by atoms with E-state index in [1.165, 1.54) is 142 Å². The minimum absolute atomic E-state index is 0.0736. The second kappa shape index (κ2) is 29.6. The molecule has 0 rings (SSSR count). The minimum Gasteiger partial charge on any atom is -0.391 e. The summed E-state index contributed by atoms with van der Waals surface area (Å²) in [7, 11) is 1.61. The largest absolute Gasteiger partial charge is 0.472 e. The lowest BCUT2D eigenvalue weighted by atomic mass is 10.0. The van der Waals surface area contributed by atoms with Crippen LogP contribution in [0, 0.1) is 0 Å². The molecule has 45 heavy (non-hydrogen) atoms. The Kier molecular flexibility index (Phi) is 29.3. The van der Waals surface area contributed by atoms with Gasteiger partial charge in [0, 0.05) is 6.92 Å². The molecule has 0 aliphatic carbocycles. The molecular formula is C36H76N2O6P+. The topological polar surface area (TPSA) is 105 Å². The van der Waals surface area contributed by atoms with Crippen LogP contribution < -0.4 is 5.32 Å². The van der Waals surface area contributed by atoms with Gasteiger partial charge in [0.1, 0.15) is 13.2 Å². The molecule has 0 aromatic heterocycles. The molecule has 0 aliphatic heterocycles. The number of nitrogens with one attached hydrogen (secondary N) is 1. The number of aliphatic hydroxyl groups excluding tert-OH is 1. The van der Waals surface area contributed by atoms with Crippen LogP contribution in [-0.4, -0.2) is 73.4 Å². The Morgan fingerprint density at radius 1 is 0.667 bits per heavy atom. The molecule has 3 atom stereocenters. The summed E-state index contributed by atoms with van der Waals surface area (Å²) in [5.74, 6) is -0.319. The molecule has 0 aliphatic rings. The van der Waals surface area contributed by atoms with E-state index in [1.54, 1.807) is 0 Å². The number of carbonyl (C=O) groups is 1. The number of nitrogens with zero attached hydrogens (tertiary/aromatic N) is 1. The second-order valence-electron chi connectivity index (χ2n) is 14.4. The fourth-order valence-corrected chi connectivity index (χ4v) is 6.40. The fraction of sp³-hybridized carbons (Fsp3) is 0.972. The average molecular weight is 664 g/mol. The molecule has 0 aromatic rings. The number of hydrogen-bond acceptors (Lipinski definition) is 5. The maximum atomic E-state index is 12.2. The van der Waals surface area contributed by atoms with E-state index in [2.05, 4.69) is 12.2 Å². The maximum absolute atomic E-state index is 12.2. The molecule has 0 aromatic carbocycles. The van der Waals surface area contributed by atoms with E-state index in [0.717, 1.165) is 19.3 Å². The number of carbonyl (C=O) groups excluding carboxylic acids is 1. The van der Waals surface area contributed by atoms with E-state index >= 15 is 0 Å². The first kappa shape index (κ1) is 44.5. The first-order valence-electron chi connectivity index (χ1n) is 18.8. The number of unbranched alkanes of at least 4 members (excludes halogenated alkanes) is 23. The van der Waals surface area contributed by atoms with Crippen molar-refractivity contribution in [2.75, 3.05) is 40.9 Å². The molecule has 3 unspecified atom stereocenters. The van der Waals surface area contributed by atoms with Gasteiger partial charge in [-0.3, -0.25) is 13.8 Å². The third-order valence-corrected chi connectivity index (χ3v) is 9.62. The zero-order valence-corrected chi connectivity index (χ0v) is 31.3. The van der Waals surface area contributed by atoms with Crippen LogP contribution >= 0.6 is 7.82 Å². The molecule has 0 bridgehead atoms. The van der Waals surface area contributed by atoms with Crippen LogP contribution in [-0.2, 0) is 18.4 Å². The Balaban J connectivity index is 3.65. The number of phosphoric ester groups is 1. The summed E-state index contributed by atoms with van der Waals surface area (Å²) in [6, 6.07) is -0.755. The predicted octanol–water partition coefficient (Wildman–Crippen LogP) is 9.46. The van der Waals surface area contributed by atoms with Crippen LogP contribution in [0.2, 0.25) is 0 Å². The Hall–Kier alpha value is -0.500. The lowest BCUT2D eigenvalue weighted by molar-refractivity contribution is -0.870. The van der Waals surface area contributed by atoms with Crippen LogP contribution in [0.1, 0.15) is 174 Å². The fourth-order valence-electron chi connectivity index (χ4n) is 5.67. The molecule has 0 spiro atoms. The van der Waals surface area contributed by atoms with Crippen molar-refractivity contribution in [3.05, 3.63) is 0 Å². The van der Waals surface area contributed by atoms with Crippen molar-refractivity contribution in [3.63, 3.8) is 0 Å². The maximum Gasteiger partial charge on any atom is 0.472 e. The molecule has 3 N–H and O–H groups in total. The van der Waals surface area contributed by atoms with Gasteiger partial charge in [0.25, 0.3) is 0 Å². The highest BCUT2D eigenvalue weighted by Crippen LogP contribution is 2.43. The Morgan fingerprint density at radius 2 is 1.02 bits per heavy atom. The number of aliphatic hydroxyl groups is 1. The summed E-state index contributed by atoms with van der Waals surface area (Å²) in [6.45, 7) is 3.98. The molecule has 8 nitrogen and oxygen atoms in total. The minimum atomic E-state index is -4.26. The molecule has 0 radical (unpaired) electrons. The van der Waals surface area contributed by atoms with Gasteiger partial charge in [-0.25, -0.2) is 4.57 Å². The average Bonchev–Trinajstić information content (AvgIpc) is 2.96. The van der Waals surface area contributed by atoms with Crippen LogP contribution in [0.25, 0.3) is 0 Å². The highest BCUT2D eigenvalue weighted by Gasteiger charge is 2.28. The summed E-state index contributed by atoms with van der Waals surface area (Å²) in [5, 5.41) is 13.3. The van der Waals surface area contributed by atoms with E-state index in [0.29, 0.717) is 17.4 Å². The predicted molar refractivity (Wildman–Crippen MR) is 189 cm³/mol. The second-order valence-corrected chi connectivity index (χ2v) is 15.9. The van der Waals surface area contributed by atoms with Gasteiger partial charge in [0.2, 0.25) is 5.91 Å². The van der Waals surface area contributed by atoms with Crippen molar-refractivity contribution >= 4 is 13.7 Å². The monoisotopic (exact) mass is 664 g/mol. The number of rotatable bonds is 34. The van der Waals surface area contributed by atoms with Crippen molar-refractivity contribution in [1.82, 2.24) is 5.32 Å². The Morgan fingerprint density at radius 3 is 1.36 bits per heavy atom. The molecule has 270 valence electrons. The molecular weight excluding hydrogens is 587 g/mol. The summed E-state index contributed by atoms with van der Waals surface area (Å²) >= 11 is 0. The summed E-state index contributed by atoms with van der Waals surface area (Å²) in [5.41, 5.74) is 0. The van der Waals surface area contributed by atoms with E-state index in [-0.39, 0.29) is 19.1 Å². The highest BCUT2D eigenvalue weighted by atomic mass is 31.2. The molecule has 9 heteroatoms. The first-order chi connectivity index (χ1) is 21.5. The van der Waals surface area contributed by atoms with E-state index in [1.807, 2.05) is 21.1 Å². The van der Waals surface area contributed by atoms with Crippen molar-refractivity contribution < 1.29 is 32.9 Å². The van der Waals surface area contributed by atoms with Crippen LogP contribution in [0.4, 0.5) is 0 Å². The molecule has 0 fully saturated rings. The molecule has 1 amide bonds. The molecule has 0 heterocycles. The summed E-state index contributed by atoms with van der Waals surface area (Å²) < 4.78 is 22.9. The summed E-state index contributed by atoms with van der Waals surface area (Å²) in [6.07, 6.45) is 31.9. The van der Waals surface area contributed by atoms with Gasteiger partial charge in [0.05, 0.1) is 39.9 Å². The first-order valence-corrected chi connectivity index (χ1v) is 20.3. The number of likely N-dealkylation sites (N-methyl/N-ethyl adjacent to an activating group) is 1. The zero-order valence-electron chi connectivity index (χ0n) is 30.4. The third-order valence-electron chi connectivity index (χ3n) is 8.64. The number of phosphoric acid groups is 1. The lowest BCUT2D eigenvalue weighted by Crippen LogP contribution is -2.45. The molecule has 0 saturated carbocycles. The van der Waals surface area contributed by atoms with Gasteiger partial charge in [-0.1, -0.05) is 161 Å².